The highest BCUT2D eigenvalue weighted by molar-refractivity contribution is 6.32. The number of carbonyl (C=O) groups excluding carboxylic acids is 1. The Kier molecular flexibility index (Phi) is 10.2. The molecule has 0 aliphatic carbocycles. The number of anilines is 1. The normalized spacial score (nSPS) is 12.7. The van der Waals surface area contributed by atoms with Crippen molar-refractivity contribution in [3.63, 3.8) is 0 Å². The van der Waals surface area contributed by atoms with E-state index in [2.05, 4.69) is 26.3 Å². The van der Waals surface area contributed by atoms with Gasteiger partial charge in [0.15, 0.2) is 0 Å². The monoisotopic (exact) mass is 548 g/mol. The second-order valence-electron chi connectivity index (χ2n) is 8.90. The summed E-state index contributed by atoms with van der Waals surface area (Å²) in [7, 11) is 0. The molecule has 0 saturated carbocycles. The number of aromatic nitrogens is 2. The van der Waals surface area contributed by atoms with Crippen molar-refractivity contribution < 1.29 is 14.3 Å². The van der Waals surface area contributed by atoms with Gasteiger partial charge in [0.25, 0.3) is 0 Å². The van der Waals surface area contributed by atoms with Gasteiger partial charge >= 0.3 is 0 Å². The highest BCUT2D eigenvalue weighted by atomic mass is 35.5. The number of amides is 1. The summed E-state index contributed by atoms with van der Waals surface area (Å²) in [5, 5.41) is 11.4. The Bertz CT molecular complexity index is 1330. The summed E-state index contributed by atoms with van der Waals surface area (Å²) in [5.74, 6) is 5.63. The lowest BCUT2D eigenvalue weighted by Gasteiger charge is -2.29. The van der Waals surface area contributed by atoms with Gasteiger partial charge in [0.05, 0.1) is 22.6 Å². The molecule has 0 bridgehead atoms. The van der Waals surface area contributed by atoms with Gasteiger partial charge in [-0.2, -0.15) is 5.10 Å². The van der Waals surface area contributed by atoms with Crippen LogP contribution in [-0.4, -0.2) is 42.3 Å². The summed E-state index contributed by atoms with van der Waals surface area (Å²) < 4.78 is 12.4. The number of nitrogens with two attached hydrogens (primary N) is 1. The van der Waals surface area contributed by atoms with Crippen LogP contribution in [0, 0.1) is 0 Å². The number of halogens is 1. The number of nitrogens with one attached hydrogen (secondary N) is 3. The molecule has 0 spiro atoms. The molecule has 1 aliphatic rings. The molecule has 204 valence electrons. The van der Waals surface area contributed by atoms with Gasteiger partial charge < -0.3 is 19.7 Å². The van der Waals surface area contributed by atoms with Crippen molar-refractivity contribution in [2.24, 2.45) is 5.84 Å². The highest BCUT2D eigenvalue weighted by Gasteiger charge is 2.21. The zero-order valence-electron chi connectivity index (χ0n) is 21.8. The summed E-state index contributed by atoms with van der Waals surface area (Å²) >= 11 is 6.70. The maximum absolute atomic E-state index is 9.58. The predicted octanol–water partition coefficient (Wildman–Crippen LogP) is 4.29. The molecular formula is C29H33ClN6O3. The molecule has 0 radical (unpaired) electrons. The van der Waals surface area contributed by atoms with Crippen molar-refractivity contribution in [2.45, 2.75) is 20.1 Å². The van der Waals surface area contributed by atoms with E-state index in [1.807, 2.05) is 84.4 Å². The fraction of sp³-hybridized carbons (Fsp3) is 0.241. The fourth-order valence-electron chi connectivity index (χ4n) is 4.05. The standard InChI is InChI=1S/C27H27ClN4O2.C2H6N2O/c28-23-15-22(27-24(17-30-31-27)32-13-11-29-12-14-32)25(33-18-20-7-3-1-4-8-20)16-26(23)34-19-21-9-5-2-6-10-21;1-2(5)4-3/h1-10,15-17,29H,11-14,18-19H2,(H,30,31);3H2,1H3,(H,4,5). The molecule has 3 aromatic carbocycles. The zero-order valence-corrected chi connectivity index (χ0v) is 22.6. The van der Waals surface area contributed by atoms with Gasteiger partial charge in [-0.1, -0.05) is 72.3 Å². The largest absolute Gasteiger partial charge is 0.488 e. The van der Waals surface area contributed by atoms with Crippen molar-refractivity contribution in [3.05, 3.63) is 95.1 Å². The summed E-state index contributed by atoms with van der Waals surface area (Å²) in [6.07, 6.45) is 1.87. The average Bonchev–Trinajstić information content (AvgIpc) is 3.47. The van der Waals surface area contributed by atoms with Crippen molar-refractivity contribution in [1.82, 2.24) is 20.9 Å². The first kappa shape index (κ1) is 28.0. The lowest BCUT2D eigenvalue weighted by Crippen LogP contribution is -2.43. The third-order valence-electron chi connectivity index (χ3n) is 6.06. The molecule has 39 heavy (non-hydrogen) atoms. The number of piperazine rings is 1. The van der Waals surface area contributed by atoms with Gasteiger partial charge in [-0.15, -0.1) is 0 Å². The van der Waals surface area contributed by atoms with E-state index in [0.29, 0.717) is 29.7 Å². The van der Waals surface area contributed by atoms with Crippen molar-refractivity contribution >= 4 is 23.2 Å². The lowest BCUT2D eigenvalue weighted by atomic mass is 10.1. The summed E-state index contributed by atoms with van der Waals surface area (Å²) in [6.45, 7) is 5.92. The predicted molar refractivity (Wildman–Crippen MR) is 154 cm³/mol. The number of carbonyl (C=O) groups is 1. The van der Waals surface area contributed by atoms with E-state index in [1.165, 1.54) is 6.92 Å². The minimum absolute atomic E-state index is 0.218. The number of rotatable bonds is 8. The van der Waals surface area contributed by atoms with Gasteiger partial charge in [0.1, 0.15) is 24.7 Å². The number of nitrogens with zero attached hydrogens (tertiary/aromatic N) is 2. The minimum atomic E-state index is -0.218. The fourth-order valence-corrected chi connectivity index (χ4v) is 4.27. The molecule has 1 saturated heterocycles. The van der Waals surface area contributed by atoms with Crippen molar-refractivity contribution in [1.29, 1.82) is 0 Å². The SMILES string of the molecule is CC(=O)NN.Clc1cc(-c2[nH]ncc2N2CCNCC2)c(OCc2ccccc2)cc1OCc1ccccc1. The number of hydrazine groups is 1. The molecule has 1 aromatic heterocycles. The Balaban J connectivity index is 0.000000648. The minimum Gasteiger partial charge on any atom is -0.488 e. The number of ether oxygens (including phenoxy) is 2. The molecule has 1 aliphatic heterocycles. The van der Waals surface area contributed by atoms with Crippen LogP contribution >= 0.6 is 11.6 Å². The van der Waals surface area contributed by atoms with Gasteiger partial charge in [0, 0.05) is 44.7 Å². The maximum atomic E-state index is 9.58. The average molecular weight is 549 g/mol. The van der Waals surface area contributed by atoms with E-state index >= 15 is 0 Å². The van der Waals surface area contributed by atoms with E-state index in [-0.39, 0.29) is 5.91 Å². The van der Waals surface area contributed by atoms with E-state index < -0.39 is 0 Å². The molecular weight excluding hydrogens is 516 g/mol. The number of H-pyrrole nitrogens is 1. The van der Waals surface area contributed by atoms with E-state index in [4.69, 9.17) is 21.1 Å². The van der Waals surface area contributed by atoms with Crippen LogP contribution in [-0.2, 0) is 18.0 Å². The van der Waals surface area contributed by atoms with Crippen molar-refractivity contribution in [2.75, 3.05) is 31.1 Å². The van der Waals surface area contributed by atoms with Crippen molar-refractivity contribution in [3.8, 4) is 22.8 Å². The summed E-state index contributed by atoms with van der Waals surface area (Å²) in [4.78, 5) is 11.9. The molecule has 10 heteroatoms. The third kappa shape index (κ3) is 7.97. The Morgan fingerprint density at radius 3 is 2.10 bits per heavy atom. The maximum Gasteiger partial charge on any atom is 0.230 e. The van der Waals surface area contributed by atoms with Gasteiger partial charge in [-0.3, -0.25) is 15.3 Å². The van der Waals surface area contributed by atoms with E-state index in [0.717, 1.165) is 54.3 Å². The third-order valence-corrected chi connectivity index (χ3v) is 6.35. The van der Waals surface area contributed by atoms with Gasteiger partial charge in [0.2, 0.25) is 5.91 Å². The van der Waals surface area contributed by atoms with Gasteiger partial charge in [-0.25, -0.2) is 5.84 Å². The number of hydrogen-bond donors (Lipinski definition) is 4. The molecule has 9 nitrogen and oxygen atoms in total. The molecule has 1 fully saturated rings. The molecule has 0 unspecified atom stereocenters. The van der Waals surface area contributed by atoms with Crippen LogP contribution in [0.4, 0.5) is 5.69 Å². The van der Waals surface area contributed by atoms with Crippen LogP contribution in [0.3, 0.4) is 0 Å². The molecule has 2 heterocycles. The number of benzene rings is 3. The first-order chi connectivity index (χ1) is 19.0. The van der Waals surface area contributed by atoms with E-state index in [9.17, 15) is 4.79 Å². The number of hydrogen-bond acceptors (Lipinski definition) is 7. The highest BCUT2D eigenvalue weighted by Crippen LogP contribution is 2.42. The second kappa shape index (κ2) is 14.2. The van der Waals surface area contributed by atoms with Crippen LogP contribution in [0.25, 0.3) is 11.3 Å². The lowest BCUT2D eigenvalue weighted by molar-refractivity contribution is -0.119. The quantitative estimate of drug-likeness (QED) is 0.147. The second-order valence-corrected chi connectivity index (χ2v) is 9.30. The Morgan fingerprint density at radius 2 is 1.54 bits per heavy atom. The molecule has 1 amide bonds. The molecule has 5 N–H and O–H groups in total. The summed E-state index contributed by atoms with van der Waals surface area (Å²) in [5.41, 5.74) is 6.84. The first-order valence-corrected chi connectivity index (χ1v) is 13.1. The smallest absolute Gasteiger partial charge is 0.230 e. The van der Waals surface area contributed by atoms with Crippen LogP contribution in [0.2, 0.25) is 5.02 Å². The zero-order chi connectivity index (χ0) is 27.5. The van der Waals surface area contributed by atoms with E-state index in [1.54, 1.807) is 0 Å². The Labute approximate surface area is 233 Å². The molecule has 0 atom stereocenters. The first-order valence-electron chi connectivity index (χ1n) is 12.7. The van der Waals surface area contributed by atoms with Crippen LogP contribution in [0.5, 0.6) is 11.5 Å². The topological polar surface area (TPSA) is 118 Å². The van der Waals surface area contributed by atoms with Crippen LogP contribution in [0.1, 0.15) is 18.1 Å². The summed E-state index contributed by atoms with van der Waals surface area (Å²) in [6, 6.07) is 23.9. The molecule has 4 aromatic rings. The Hall–Kier alpha value is -4.05. The Morgan fingerprint density at radius 1 is 0.974 bits per heavy atom. The van der Waals surface area contributed by atoms with Crippen LogP contribution in [0.15, 0.2) is 79.0 Å². The van der Waals surface area contributed by atoms with Crippen LogP contribution < -0.4 is 31.0 Å². The van der Waals surface area contributed by atoms with Gasteiger partial charge in [-0.05, 0) is 17.2 Å². The molecule has 5 rings (SSSR count). The number of aromatic amines is 1.